The van der Waals surface area contributed by atoms with Crippen molar-refractivity contribution in [3.05, 3.63) is 27.7 Å². The molecule has 1 heterocycles. The minimum absolute atomic E-state index is 0.396. The number of hydrogen-bond acceptors (Lipinski definition) is 3. The van der Waals surface area contributed by atoms with Gasteiger partial charge >= 0.3 is 0 Å². The molecule has 1 aliphatic heterocycles. The number of rotatable bonds is 4. The quantitative estimate of drug-likeness (QED) is 0.656. The largest absolute Gasteiger partial charge is 0.493 e. The zero-order valence-corrected chi connectivity index (χ0v) is 13.2. The van der Waals surface area contributed by atoms with Gasteiger partial charge in [-0.1, -0.05) is 22.4 Å². The van der Waals surface area contributed by atoms with Crippen LogP contribution in [0.2, 0.25) is 0 Å². The standard InChI is InChI=1S/C16H21BrN2O/c17-11-6-9-4-5-20-16(9)10(7-11)8-14(19-18)15-12-2-1-3-13(12)15/h6-7,12-15,19H,1-5,8,18H2. The molecule has 2 fully saturated rings. The molecule has 2 saturated carbocycles. The van der Waals surface area contributed by atoms with E-state index in [2.05, 4.69) is 33.5 Å². The Kier molecular flexibility index (Phi) is 3.28. The van der Waals surface area contributed by atoms with E-state index < -0.39 is 0 Å². The van der Waals surface area contributed by atoms with Crippen LogP contribution >= 0.6 is 15.9 Å². The van der Waals surface area contributed by atoms with Crippen molar-refractivity contribution in [2.24, 2.45) is 23.6 Å². The fraction of sp³-hybridized carbons (Fsp3) is 0.625. The third-order valence-electron chi connectivity index (χ3n) is 5.42. The summed E-state index contributed by atoms with van der Waals surface area (Å²) in [7, 11) is 0. The highest BCUT2D eigenvalue weighted by Gasteiger charge is 2.55. The highest BCUT2D eigenvalue weighted by molar-refractivity contribution is 9.10. The van der Waals surface area contributed by atoms with Gasteiger partial charge in [-0.2, -0.15) is 0 Å². The number of halogens is 1. The van der Waals surface area contributed by atoms with Crippen LogP contribution in [0.3, 0.4) is 0 Å². The van der Waals surface area contributed by atoms with Crippen LogP contribution in [0.5, 0.6) is 5.75 Å². The Bertz CT molecular complexity index is 523. The molecule has 1 aromatic carbocycles. The van der Waals surface area contributed by atoms with E-state index in [0.29, 0.717) is 6.04 Å². The lowest BCUT2D eigenvalue weighted by molar-refractivity contribution is 0.347. The van der Waals surface area contributed by atoms with Crippen LogP contribution in [-0.2, 0) is 12.8 Å². The van der Waals surface area contributed by atoms with Crippen molar-refractivity contribution in [1.29, 1.82) is 0 Å². The van der Waals surface area contributed by atoms with Gasteiger partial charge in [0.05, 0.1) is 6.61 Å². The zero-order valence-electron chi connectivity index (χ0n) is 11.6. The molecule has 0 bridgehead atoms. The predicted octanol–water partition coefficient (Wildman–Crippen LogP) is 2.80. The highest BCUT2D eigenvalue weighted by Crippen LogP contribution is 2.59. The number of hydrogen-bond donors (Lipinski definition) is 2. The summed E-state index contributed by atoms with van der Waals surface area (Å²) in [6, 6.07) is 4.78. The first-order valence-corrected chi connectivity index (χ1v) is 8.47. The van der Waals surface area contributed by atoms with E-state index in [4.69, 9.17) is 10.6 Å². The summed E-state index contributed by atoms with van der Waals surface area (Å²) in [5.41, 5.74) is 5.72. The third-order valence-corrected chi connectivity index (χ3v) is 5.87. The molecule has 1 aromatic rings. The highest BCUT2D eigenvalue weighted by atomic mass is 79.9. The topological polar surface area (TPSA) is 47.3 Å². The number of hydrazine groups is 1. The Hall–Kier alpha value is -0.580. The summed E-state index contributed by atoms with van der Waals surface area (Å²) in [6.07, 6.45) is 6.23. The first-order chi connectivity index (χ1) is 9.78. The van der Waals surface area contributed by atoms with Crippen LogP contribution < -0.4 is 16.0 Å². The zero-order chi connectivity index (χ0) is 13.7. The lowest BCUT2D eigenvalue weighted by Gasteiger charge is -2.19. The van der Waals surface area contributed by atoms with Crippen molar-refractivity contribution in [1.82, 2.24) is 5.43 Å². The minimum Gasteiger partial charge on any atom is -0.493 e. The molecule has 4 heteroatoms. The van der Waals surface area contributed by atoms with E-state index in [9.17, 15) is 0 Å². The van der Waals surface area contributed by atoms with Crippen LogP contribution in [-0.4, -0.2) is 12.6 Å². The molecule has 4 rings (SSSR count). The van der Waals surface area contributed by atoms with Crippen molar-refractivity contribution in [2.45, 2.75) is 38.1 Å². The van der Waals surface area contributed by atoms with Gasteiger partial charge in [-0.05, 0) is 60.3 Å². The second-order valence-electron chi connectivity index (χ2n) is 6.46. The summed E-state index contributed by atoms with van der Waals surface area (Å²) in [5, 5.41) is 0. The third kappa shape index (κ3) is 2.09. The number of benzene rings is 1. The summed E-state index contributed by atoms with van der Waals surface area (Å²) < 4.78 is 6.99. The molecule has 0 saturated heterocycles. The van der Waals surface area contributed by atoms with Gasteiger partial charge < -0.3 is 4.74 Å². The van der Waals surface area contributed by atoms with E-state index in [1.165, 1.54) is 30.4 Å². The monoisotopic (exact) mass is 336 g/mol. The van der Waals surface area contributed by atoms with E-state index in [1.54, 1.807) is 0 Å². The molecule has 2 aliphatic carbocycles. The fourth-order valence-electron chi connectivity index (χ4n) is 4.51. The van der Waals surface area contributed by atoms with Crippen LogP contribution in [0.1, 0.15) is 30.4 Å². The molecule has 3 unspecified atom stereocenters. The van der Waals surface area contributed by atoms with E-state index in [1.807, 2.05) is 0 Å². The molecule has 3 atom stereocenters. The van der Waals surface area contributed by atoms with E-state index in [-0.39, 0.29) is 0 Å². The van der Waals surface area contributed by atoms with Gasteiger partial charge in [-0.15, -0.1) is 0 Å². The maximum atomic E-state index is 5.85. The predicted molar refractivity (Wildman–Crippen MR) is 82.5 cm³/mol. The van der Waals surface area contributed by atoms with Crippen LogP contribution in [0, 0.1) is 17.8 Å². The Morgan fingerprint density at radius 3 is 2.90 bits per heavy atom. The summed E-state index contributed by atoms with van der Waals surface area (Å²) >= 11 is 3.62. The maximum absolute atomic E-state index is 5.85. The van der Waals surface area contributed by atoms with Crippen molar-refractivity contribution < 1.29 is 4.74 Å². The van der Waals surface area contributed by atoms with Crippen molar-refractivity contribution in [2.75, 3.05) is 6.61 Å². The van der Waals surface area contributed by atoms with Crippen molar-refractivity contribution in [3.63, 3.8) is 0 Å². The molecule has 0 spiro atoms. The van der Waals surface area contributed by atoms with Gasteiger partial charge in [-0.3, -0.25) is 11.3 Å². The molecule has 0 radical (unpaired) electrons. The average Bonchev–Trinajstić information content (AvgIpc) is 2.86. The van der Waals surface area contributed by atoms with E-state index >= 15 is 0 Å². The first-order valence-electron chi connectivity index (χ1n) is 7.68. The molecule has 3 N–H and O–H groups in total. The number of ether oxygens (including phenoxy) is 1. The Morgan fingerprint density at radius 2 is 2.15 bits per heavy atom. The normalized spacial score (nSPS) is 31.6. The maximum Gasteiger partial charge on any atom is 0.125 e. The van der Waals surface area contributed by atoms with Gasteiger partial charge in [0.15, 0.2) is 0 Å². The Labute approximate surface area is 128 Å². The summed E-state index contributed by atoms with van der Waals surface area (Å²) in [4.78, 5) is 0. The molecule has 3 nitrogen and oxygen atoms in total. The minimum atomic E-state index is 0.396. The first kappa shape index (κ1) is 13.1. The van der Waals surface area contributed by atoms with Crippen molar-refractivity contribution in [3.8, 4) is 5.75 Å². The van der Waals surface area contributed by atoms with Gasteiger partial charge in [0.25, 0.3) is 0 Å². The molecule has 108 valence electrons. The number of nitrogens with two attached hydrogens (primary N) is 1. The summed E-state index contributed by atoms with van der Waals surface area (Å²) in [5.74, 6) is 9.59. The van der Waals surface area contributed by atoms with Crippen LogP contribution in [0.4, 0.5) is 0 Å². The molecule has 20 heavy (non-hydrogen) atoms. The lowest BCUT2D eigenvalue weighted by atomic mass is 9.96. The SMILES string of the molecule is NNC(Cc1cc(Br)cc2c1OCC2)C1C2CCCC21. The van der Waals surface area contributed by atoms with E-state index in [0.717, 1.165) is 47.4 Å². The average molecular weight is 337 g/mol. The number of fused-ring (bicyclic) bond motifs is 2. The van der Waals surface area contributed by atoms with Gasteiger partial charge in [0, 0.05) is 16.9 Å². The fourth-order valence-corrected chi connectivity index (χ4v) is 5.07. The van der Waals surface area contributed by atoms with Gasteiger partial charge in [0.2, 0.25) is 0 Å². The van der Waals surface area contributed by atoms with Crippen LogP contribution in [0.25, 0.3) is 0 Å². The smallest absolute Gasteiger partial charge is 0.125 e. The lowest BCUT2D eigenvalue weighted by Crippen LogP contribution is -2.39. The molecule has 0 amide bonds. The Balaban J connectivity index is 1.56. The number of nitrogens with one attached hydrogen (secondary N) is 1. The molecular formula is C16H21BrN2O. The molecule has 3 aliphatic rings. The second kappa shape index (κ2) is 5.00. The van der Waals surface area contributed by atoms with Gasteiger partial charge in [-0.25, -0.2) is 0 Å². The molecular weight excluding hydrogens is 316 g/mol. The van der Waals surface area contributed by atoms with Crippen LogP contribution in [0.15, 0.2) is 16.6 Å². The van der Waals surface area contributed by atoms with Crippen molar-refractivity contribution >= 4 is 15.9 Å². The summed E-state index contributed by atoms with van der Waals surface area (Å²) in [6.45, 7) is 0.814. The Morgan fingerprint density at radius 1 is 1.35 bits per heavy atom. The molecule has 0 aromatic heterocycles. The second-order valence-corrected chi connectivity index (χ2v) is 7.38. The van der Waals surface area contributed by atoms with Gasteiger partial charge in [0.1, 0.15) is 5.75 Å².